The Morgan fingerprint density at radius 3 is 2.39 bits per heavy atom. The van der Waals surface area contributed by atoms with Gasteiger partial charge in [-0.3, -0.25) is 9.69 Å². The summed E-state index contributed by atoms with van der Waals surface area (Å²) in [7, 11) is 0. The van der Waals surface area contributed by atoms with E-state index in [4.69, 9.17) is 27.9 Å². The quantitative estimate of drug-likeness (QED) is 0.459. The third-order valence-corrected chi connectivity index (χ3v) is 6.35. The highest BCUT2D eigenvalue weighted by Gasteiger charge is 2.37. The van der Waals surface area contributed by atoms with Crippen molar-refractivity contribution in [3.63, 3.8) is 0 Å². The minimum Gasteiger partial charge on any atom is -0.489 e. The van der Waals surface area contributed by atoms with Crippen LogP contribution >= 0.6 is 23.2 Å². The molecule has 1 heterocycles. The summed E-state index contributed by atoms with van der Waals surface area (Å²) in [6.07, 6.45) is 1.47. The van der Waals surface area contributed by atoms with Crippen LogP contribution in [-0.4, -0.2) is 28.6 Å². The highest BCUT2D eigenvalue weighted by atomic mass is 35.5. The molecule has 4 nitrogen and oxygen atoms in total. The predicted octanol–water partition coefficient (Wildman–Crippen LogP) is 6.21. The normalized spacial score (nSPS) is 17.4. The van der Waals surface area contributed by atoms with Crippen molar-refractivity contribution in [2.24, 2.45) is 0 Å². The van der Waals surface area contributed by atoms with Crippen molar-refractivity contribution in [3.05, 3.63) is 99.5 Å². The van der Waals surface area contributed by atoms with E-state index in [1.165, 1.54) is 0 Å². The van der Waals surface area contributed by atoms with Crippen molar-refractivity contribution < 1.29 is 14.6 Å². The zero-order valence-electron chi connectivity index (χ0n) is 16.9. The second-order valence-electron chi connectivity index (χ2n) is 7.65. The monoisotopic (exact) mass is 455 g/mol. The van der Waals surface area contributed by atoms with E-state index in [0.717, 1.165) is 28.9 Å². The lowest BCUT2D eigenvalue weighted by Gasteiger charge is -2.32. The van der Waals surface area contributed by atoms with Gasteiger partial charge in [0.1, 0.15) is 18.4 Å². The minimum absolute atomic E-state index is 0.235. The molecule has 31 heavy (non-hydrogen) atoms. The van der Waals surface area contributed by atoms with Crippen molar-refractivity contribution in [1.29, 1.82) is 0 Å². The molecule has 0 spiro atoms. The first kappa shape index (κ1) is 21.7. The van der Waals surface area contributed by atoms with Crippen LogP contribution in [0, 0.1) is 0 Å². The smallest absolute Gasteiger partial charge is 0.320 e. The van der Waals surface area contributed by atoms with Crippen LogP contribution in [0.15, 0.2) is 72.8 Å². The van der Waals surface area contributed by atoms with Crippen molar-refractivity contribution in [1.82, 2.24) is 4.90 Å². The average Bonchev–Trinajstić information content (AvgIpc) is 3.26. The number of likely N-dealkylation sites (tertiary alicyclic amines) is 1. The largest absolute Gasteiger partial charge is 0.489 e. The molecule has 4 rings (SSSR count). The molecule has 160 valence electrons. The Hall–Kier alpha value is -2.53. The average molecular weight is 456 g/mol. The molecule has 0 bridgehead atoms. The highest BCUT2D eigenvalue weighted by Crippen LogP contribution is 2.37. The molecular formula is C25H23Cl2NO3. The molecule has 1 saturated heterocycles. The van der Waals surface area contributed by atoms with E-state index >= 15 is 0 Å². The summed E-state index contributed by atoms with van der Waals surface area (Å²) in [5.74, 6) is -0.0397. The molecule has 1 aliphatic heterocycles. The van der Waals surface area contributed by atoms with Gasteiger partial charge >= 0.3 is 5.97 Å². The second-order valence-corrected chi connectivity index (χ2v) is 8.47. The van der Waals surface area contributed by atoms with Crippen LogP contribution in [-0.2, 0) is 11.4 Å². The first-order valence-corrected chi connectivity index (χ1v) is 11.0. The number of rotatable bonds is 7. The van der Waals surface area contributed by atoms with Gasteiger partial charge in [-0.1, -0.05) is 71.7 Å². The molecule has 1 fully saturated rings. The Morgan fingerprint density at radius 2 is 1.71 bits per heavy atom. The van der Waals surface area contributed by atoms with Gasteiger partial charge in [0.05, 0.1) is 16.1 Å². The Bertz CT molecular complexity index is 1040. The van der Waals surface area contributed by atoms with Crippen LogP contribution in [0.4, 0.5) is 0 Å². The van der Waals surface area contributed by atoms with Crippen LogP contribution in [0.1, 0.15) is 35.6 Å². The highest BCUT2D eigenvalue weighted by molar-refractivity contribution is 6.42. The van der Waals surface area contributed by atoms with Crippen LogP contribution < -0.4 is 4.74 Å². The van der Waals surface area contributed by atoms with Gasteiger partial charge in [0.25, 0.3) is 0 Å². The lowest BCUT2D eigenvalue weighted by molar-refractivity contribution is -0.142. The number of benzene rings is 3. The van der Waals surface area contributed by atoms with Crippen molar-refractivity contribution >= 4 is 29.2 Å². The van der Waals surface area contributed by atoms with E-state index in [1.54, 1.807) is 6.07 Å². The second kappa shape index (κ2) is 9.73. The number of nitrogens with zero attached hydrogens (tertiary/aromatic N) is 1. The van der Waals surface area contributed by atoms with E-state index in [9.17, 15) is 9.90 Å². The van der Waals surface area contributed by atoms with E-state index in [0.29, 0.717) is 29.6 Å². The molecule has 2 atom stereocenters. The fraction of sp³-hybridized carbons (Fsp3) is 0.240. The van der Waals surface area contributed by atoms with Crippen molar-refractivity contribution in [2.75, 3.05) is 6.54 Å². The van der Waals surface area contributed by atoms with Crippen LogP contribution in [0.25, 0.3) is 0 Å². The van der Waals surface area contributed by atoms with E-state index in [2.05, 4.69) is 0 Å². The molecule has 0 aliphatic carbocycles. The predicted molar refractivity (Wildman–Crippen MR) is 123 cm³/mol. The Balaban J connectivity index is 1.61. The number of carboxylic acid groups (broad SMARTS) is 1. The number of hydrogen-bond donors (Lipinski definition) is 1. The number of carbonyl (C=O) groups is 1. The third-order valence-electron chi connectivity index (χ3n) is 5.61. The van der Waals surface area contributed by atoms with E-state index < -0.39 is 12.0 Å². The molecular weight excluding hydrogens is 433 g/mol. The van der Waals surface area contributed by atoms with Gasteiger partial charge in [-0.15, -0.1) is 0 Å². The summed E-state index contributed by atoms with van der Waals surface area (Å²) in [4.78, 5) is 13.9. The molecule has 0 saturated carbocycles. The molecule has 2 unspecified atom stereocenters. The molecule has 0 aromatic heterocycles. The van der Waals surface area contributed by atoms with Gasteiger partial charge in [-0.2, -0.15) is 0 Å². The Labute approximate surface area is 192 Å². The number of aliphatic carboxylic acids is 1. The number of carboxylic acids is 1. The Kier molecular flexibility index (Phi) is 6.81. The number of ether oxygens (including phenoxy) is 1. The molecule has 0 radical (unpaired) electrons. The number of halogens is 2. The van der Waals surface area contributed by atoms with Crippen LogP contribution in [0.5, 0.6) is 5.75 Å². The van der Waals surface area contributed by atoms with E-state index in [1.807, 2.05) is 71.6 Å². The lowest BCUT2D eigenvalue weighted by atomic mass is 9.96. The SMILES string of the molecule is O=C(O)C1CCCN1C(c1ccc(OCc2ccccc2)cc1)c1ccc(Cl)c(Cl)c1. The summed E-state index contributed by atoms with van der Waals surface area (Å²) >= 11 is 12.4. The summed E-state index contributed by atoms with van der Waals surface area (Å²) in [6.45, 7) is 1.19. The van der Waals surface area contributed by atoms with Crippen LogP contribution in [0.2, 0.25) is 10.0 Å². The molecule has 3 aromatic carbocycles. The molecule has 0 amide bonds. The maximum Gasteiger partial charge on any atom is 0.320 e. The molecule has 6 heteroatoms. The summed E-state index contributed by atoms with van der Waals surface area (Å²) in [5, 5.41) is 10.7. The zero-order valence-corrected chi connectivity index (χ0v) is 18.4. The number of hydrogen-bond acceptors (Lipinski definition) is 3. The fourth-order valence-corrected chi connectivity index (χ4v) is 4.41. The van der Waals surface area contributed by atoms with Crippen LogP contribution in [0.3, 0.4) is 0 Å². The molecule has 3 aromatic rings. The Morgan fingerprint density at radius 1 is 1.00 bits per heavy atom. The van der Waals surface area contributed by atoms with Gasteiger partial charge < -0.3 is 9.84 Å². The first-order valence-electron chi connectivity index (χ1n) is 10.2. The summed E-state index contributed by atoms with van der Waals surface area (Å²) in [6, 6.07) is 22.6. The molecule has 1 aliphatic rings. The lowest BCUT2D eigenvalue weighted by Crippen LogP contribution is -2.39. The van der Waals surface area contributed by atoms with Crippen molar-refractivity contribution in [3.8, 4) is 5.75 Å². The van der Waals surface area contributed by atoms with Gasteiger partial charge in [0.15, 0.2) is 0 Å². The summed E-state index contributed by atoms with van der Waals surface area (Å²) < 4.78 is 5.91. The fourth-order valence-electron chi connectivity index (χ4n) is 4.11. The zero-order chi connectivity index (χ0) is 21.8. The molecule has 1 N–H and O–H groups in total. The van der Waals surface area contributed by atoms with E-state index in [-0.39, 0.29) is 6.04 Å². The maximum absolute atomic E-state index is 11.9. The third kappa shape index (κ3) is 5.04. The van der Waals surface area contributed by atoms with Gasteiger partial charge in [-0.25, -0.2) is 0 Å². The summed E-state index contributed by atoms with van der Waals surface area (Å²) in [5.41, 5.74) is 3.00. The standard InChI is InChI=1S/C25H23Cl2NO3/c26-21-13-10-19(15-22(21)27)24(28-14-4-7-23(28)25(29)30)18-8-11-20(12-9-18)31-16-17-5-2-1-3-6-17/h1-3,5-6,8-13,15,23-24H,4,7,14,16H2,(H,29,30). The van der Waals surface area contributed by atoms with Gasteiger partial charge in [0, 0.05) is 6.54 Å². The van der Waals surface area contributed by atoms with Gasteiger partial charge in [-0.05, 0) is 53.8 Å². The first-order chi connectivity index (χ1) is 15.0. The maximum atomic E-state index is 11.9. The topological polar surface area (TPSA) is 49.8 Å². The minimum atomic E-state index is -0.801. The van der Waals surface area contributed by atoms with Gasteiger partial charge in [0.2, 0.25) is 0 Å². The van der Waals surface area contributed by atoms with Crippen molar-refractivity contribution in [2.45, 2.75) is 31.5 Å².